The number of thiazole rings is 1. The van der Waals surface area contributed by atoms with E-state index in [0.29, 0.717) is 5.69 Å². The largest absolute Gasteiger partial charge is 0.481 e. The maximum absolute atomic E-state index is 10.6. The van der Waals surface area contributed by atoms with Crippen LogP contribution in [0, 0.1) is 0 Å². The summed E-state index contributed by atoms with van der Waals surface area (Å²) < 4.78 is 0. The van der Waals surface area contributed by atoms with E-state index in [2.05, 4.69) is 24.0 Å². The van der Waals surface area contributed by atoms with Gasteiger partial charge in [0.15, 0.2) is 0 Å². The molecule has 0 aliphatic carbocycles. The van der Waals surface area contributed by atoms with Crippen LogP contribution in [-0.2, 0) is 17.6 Å². The summed E-state index contributed by atoms with van der Waals surface area (Å²) >= 11 is 1.48. The standard InChI is InChI=1S/C13H13NO2S/c1-2-9-3-5-10(6-4-9)13-14-11(8-17-13)7-12(15)16/h3-6,8H,2,7H2,1H3,(H,15,16). The number of carboxylic acid groups (broad SMARTS) is 1. The normalized spacial score (nSPS) is 10.4. The third-order valence-electron chi connectivity index (χ3n) is 2.49. The number of benzene rings is 1. The smallest absolute Gasteiger partial charge is 0.309 e. The lowest BCUT2D eigenvalue weighted by Crippen LogP contribution is -1.99. The van der Waals surface area contributed by atoms with Gasteiger partial charge in [0.1, 0.15) is 5.01 Å². The molecule has 2 aromatic rings. The van der Waals surface area contributed by atoms with E-state index in [9.17, 15) is 4.79 Å². The summed E-state index contributed by atoms with van der Waals surface area (Å²) in [5.74, 6) is -0.844. The van der Waals surface area contributed by atoms with Gasteiger partial charge in [0.25, 0.3) is 0 Å². The van der Waals surface area contributed by atoms with Crippen molar-refractivity contribution in [2.75, 3.05) is 0 Å². The maximum Gasteiger partial charge on any atom is 0.309 e. The summed E-state index contributed by atoms with van der Waals surface area (Å²) in [5.41, 5.74) is 2.96. The molecule has 1 N–H and O–H groups in total. The summed E-state index contributed by atoms with van der Waals surface area (Å²) in [7, 11) is 0. The number of hydrogen-bond acceptors (Lipinski definition) is 3. The average molecular weight is 247 g/mol. The zero-order valence-electron chi connectivity index (χ0n) is 9.51. The molecule has 2 rings (SSSR count). The zero-order chi connectivity index (χ0) is 12.3. The highest BCUT2D eigenvalue weighted by molar-refractivity contribution is 7.13. The van der Waals surface area contributed by atoms with Crippen molar-refractivity contribution in [1.82, 2.24) is 4.98 Å². The van der Waals surface area contributed by atoms with E-state index in [1.54, 1.807) is 5.38 Å². The fourth-order valence-electron chi connectivity index (χ4n) is 1.56. The molecule has 0 fully saturated rings. The molecule has 1 heterocycles. The van der Waals surface area contributed by atoms with E-state index >= 15 is 0 Å². The summed E-state index contributed by atoms with van der Waals surface area (Å²) in [6, 6.07) is 8.21. The highest BCUT2D eigenvalue weighted by Crippen LogP contribution is 2.24. The Morgan fingerprint density at radius 1 is 1.35 bits per heavy atom. The number of carboxylic acids is 1. The Kier molecular flexibility index (Phi) is 3.54. The van der Waals surface area contributed by atoms with Crippen LogP contribution in [0.1, 0.15) is 18.2 Å². The third-order valence-corrected chi connectivity index (χ3v) is 3.43. The minimum absolute atomic E-state index is 0.0104. The maximum atomic E-state index is 10.6. The minimum atomic E-state index is -0.844. The molecule has 0 aliphatic heterocycles. The van der Waals surface area contributed by atoms with Gasteiger partial charge in [-0.15, -0.1) is 11.3 Å². The number of hydrogen-bond donors (Lipinski definition) is 1. The molecule has 0 amide bonds. The lowest BCUT2D eigenvalue weighted by molar-refractivity contribution is -0.136. The average Bonchev–Trinajstić information content (AvgIpc) is 2.77. The van der Waals surface area contributed by atoms with Crippen molar-refractivity contribution in [1.29, 1.82) is 0 Å². The van der Waals surface area contributed by atoms with Crippen molar-refractivity contribution in [3.8, 4) is 10.6 Å². The molecule has 17 heavy (non-hydrogen) atoms. The van der Waals surface area contributed by atoms with E-state index < -0.39 is 5.97 Å². The first kappa shape index (κ1) is 11.8. The SMILES string of the molecule is CCc1ccc(-c2nc(CC(=O)O)cs2)cc1. The third kappa shape index (κ3) is 2.91. The molecular weight excluding hydrogens is 234 g/mol. The quantitative estimate of drug-likeness (QED) is 0.903. The van der Waals surface area contributed by atoms with E-state index in [-0.39, 0.29) is 6.42 Å². The lowest BCUT2D eigenvalue weighted by atomic mass is 10.1. The molecule has 1 aromatic heterocycles. The van der Waals surface area contributed by atoms with Gasteiger partial charge in [-0.25, -0.2) is 4.98 Å². The summed E-state index contributed by atoms with van der Waals surface area (Å²) in [5, 5.41) is 11.4. The van der Waals surface area contributed by atoms with Gasteiger partial charge in [0.05, 0.1) is 12.1 Å². The first-order chi connectivity index (χ1) is 8.19. The zero-order valence-corrected chi connectivity index (χ0v) is 10.3. The second kappa shape index (κ2) is 5.10. The van der Waals surface area contributed by atoms with E-state index in [4.69, 9.17) is 5.11 Å². The molecule has 4 heteroatoms. The molecular formula is C13H13NO2S. The first-order valence-electron chi connectivity index (χ1n) is 5.44. The van der Waals surface area contributed by atoms with Crippen LogP contribution in [0.4, 0.5) is 0 Å². The van der Waals surface area contributed by atoms with Crippen LogP contribution in [0.15, 0.2) is 29.6 Å². The molecule has 0 aliphatic rings. The molecule has 0 radical (unpaired) electrons. The fourth-order valence-corrected chi connectivity index (χ4v) is 2.38. The van der Waals surface area contributed by atoms with Gasteiger partial charge >= 0.3 is 5.97 Å². The summed E-state index contributed by atoms with van der Waals surface area (Å²) in [6.07, 6.45) is 1.01. The molecule has 0 atom stereocenters. The van der Waals surface area contributed by atoms with E-state index in [0.717, 1.165) is 17.0 Å². The second-order valence-electron chi connectivity index (χ2n) is 3.76. The van der Waals surface area contributed by atoms with Crippen molar-refractivity contribution in [2.45, 2.75) is 19.8 Å². The Morgan fingerprint density at radius 3 is 2.65 bits per heavy atom. The van der Waals surface area contributed by atoms with Gasteiger partial charge in [-0.3, -0.25) is 4.79 Å². The monoisotopic (exact) mass is 247 g/mol. The van der Waals surface area contributed by atoms with E-state index in [1.807, 2.05) is 12.1 Å². The first-order valence-corrected chi connectivity index (χ1v) is 6.32. The lowest BCUT2D eigenvalue weighted by Gasteiger charge is -1.98. The number of rotatable bonds is 4. The van der Waals surface area contributed by atoms with E-state index in [1.165, 1.54) is 16.9 Å². The predicted molar refractivity (Wildman–Crippen MR) is 68.3 cm³/mol. The minimum Gasteiger partial charge on any atom is -0.481 e. The van der Waals surface area contributed by atoms with Crippen LogP contribution in [-0.4, -0.2) is 16.1 Å². The van der Waals surface area contributed by atoms with Crippen LogP contribution in [0.25, 0.3) is 10.6 Å². The van der Waals surface area contributed by atoms with Gasteiger partial charge in [-0.1, -0.05) is 31.2 Å². The van der Waals surface area contributed by atoms with Crippen LogP contribution in [0.2, 0.25) is 0 Å². The Bertz CT molecular complexity index is 516. The number of aliphatic carboxylic acids is 1. The molecule has 3 nitrogen and oxygen atoms in total. The van der Waals surface area contributed by atoms with Crippen LogP contribution < -0.4 is 0 Å². The Hall–Kier alpha value is -1.68. The molecule has 0 saturated carbocycles. The van der Waals surface area contributed by atoms with Gasteiger partial charge in [0.2, 0.25) is 0 Å². The van der Waals surface area contributed by atoms with Crippen molar-refractivity contribution < 1.29 is 9.90 Å². The van der Waals surface area contributed by atoms with Crippen molar-refractivity contribution in [3.05, 3.63) is 40.9 Å². The Balaban J connectivity index is 2.21. The predicted octanol–water partition coefficient (Wildman–Crippen LogP) is 3.00. The number of aromatic nitrogens is 1. The van der Waals surface area contributed by atoms with Gasteiger partial charge < -0.3 is 5.11 Å². The van der Waals surface area contributed by atoms with Gasteiger partial charge in [-0.05, 0) is 12.0 Å². The highest BCUT2D eigenvalue weighted by atomic mass is 32.1. The molecule has 1 aromatic carbocycles. The summed E-state index contributed by atoms with van der Waals surface area (Å²) in [4.78, 5) is 14.9. The fraction of sp³-hybridized carbons (Fsp3) is 0.231. The van der Waals surface area contributed by atoms with Crippen LogP contribution in [0.3, 0.4) is 0 Å². The Morgan fingerprint density at radius 2 is 2.06 bits per heavy atom. The number of carbonyl (C=O) groups is 1. The molecule has 0 spiro atoms. The van der Waals surface area contributed by atoms with Gasteiger partial charge in [-0.2, -0.15) is 0 Å². The molecule has 0 saturated heterocycles. The topological polar surface area (TPSA) is 50.2 Å². The van der Waals surface area contributed by atoms with Crippen molar-refractivity contribution in [2.24, 2.45) is 0 Å². The van der Waals surface area contributed by atoms with Crippen molar-refractivity contribution in [3.63, 3.8) is 0 Å². The summed E-state index contributed by atoms with van der Waals surface area (Å²) in [6.45, 7) is 2.11. The molecule has 0 unspecified atom stereocenters. The van der Waals surface area contributed by atoms with Gasteiger partial charge in [0, 0.05) is 10.9 Å². The number of nitrogens with zero attached hydrogens (tertiary/aromatic N) is 1. The molecule has 88 valence electrons. The highest BCUT2D eigenvalue weighted by Gasteiger charge is 2.07. The second-order valence-corrected chi connectivity index (χ2v) is 4.62. The van der Waals surface area contributed by atoms with Crippen LogP contribution in [0.5, 0.6) is 0 Å². The number of aryl methyl sites for hydroxylation is 1. The van der Waals surface area contributed by atoms with Crippen LogP contribution >= 0.6 is 11.3 Å². The molecule has 0 bridgehead atoms. The Labute approximate surface area is 104 Å². The van der Waals surface area contributed by atoms with Crippen molar-refractivity contribution >= 4 is 17.3 Å².